The highest BCUT2D eigenvalue weighted by Crippen LogP contribution is 2.40. The van der Waals surface area contributed by atoms with Crippen LogP contribution in [0.4, 0.5) is 5.69 Å². The summed E-state index contributed by atoms with van der Waals surface area (Å²) in [6, 6.07) is 11.1. The Morgan fingerprint density at radius 1 is 1.18 bits per heavy atom. The molecule has 0 aromatic heterocycles. The molecule has 0 spiro atoms. The van der Waals surface area contributed by atoms with E-state index in [9.17, 15) is 29.6 Å². The van der Waals surface area contributed by atoms with Gasteiger partial charge in [-0.2, -0.15) is 0 Å². The summed E-state index contributed by atoms with van der Waals surface area (Å²) < 4.78 is 5.37. The van der Waals surface area contributed by atoms with Gasteiger partial charge in [0.05, 0.1) is 11.3 Å². The summed E-state index contributed by atoms with van der Waals surface area (Å²) >= 11 is 1.45. The van der Waals surface area contributed by atoms with E-state index in [-0.39, 0.29) is 36.1 Å². The number of β-lactam (4-membered cyclic amide) rings is 1. The molecule has 0 bridgehead atoms. The predicted octanol–water partition coefficient (Wildman–Crippen LogP) is 2.26. The molecule has 0 saturated carbocycles. The molecule has 1 unspecified atom stereocenters. The molecule has 0 aliphatic carbocycles. The molecule has 10 nitrogen and oxygen atoms in total. The minimum atomic E-state index is -0.750. The van der Waals surface area contributed by atoms with Crippen LogP contribution in [-0.2, 0) is 32.1 Å². The fraction of sp³-hybridized carbons (Fsp3) is 0.261. The quantitative estimate of drug-likeness (QED) is 0.265. The van der Waals surface area contributed by atoms with Crippen molar-refractivity contribution in [3.05, 3.63) is 81.0 Å². The number of thioether (sulfide) groups is 1. The maximum Gasteiger partial charge on any atom is 0.355 e. The lowest BCUT2D eigenvalue weighted by atomic mass is 10.0. The molecule has 1 saturated heterocycles. The first-order valence-corrected chi connectivity index (χ1v) is 11.4. The molecule has 2 atom stereocenters. The standard InChI is InChI=1S/C23H21N3O7S/c1-13-12-34-22-19(24-18(28)10-14-4-8-17(27)9-5-14)21(29)25(22)20(13)23(30)33-11-15-2-6-16(7-3-15)26(31)32/h2-9,19,22,27H,10-12H2,1H3,(H,24,28)/t19?,22-/m0/s1. The van der Waals surface area contributed by atoms with Crippen LogP contribution in [-0.4, -0.2) is 49.9 Å². The molecule has 2 aromatic rings. The van der Waals surface area contributed by atoms with Crippen molar-refractivity contribution in [3.8, 4) is 5.75 Å². The first kappa shape index (κ1) is 23.3. The number of fused-ring (bicyclic) bond motifs is 1. The van der Waals surface area contributed by atoms with E-state index in [1.165, 1.54) is 53.1 Å². The molecular weight excluding hydrogens is 462 g/mol. The number of nitrogens with zero attached hydrogens (tertiary/aromatic N) is 2. The Morgan fingerprint density at radius 3 is 2.47 bits per heavy atom. The summed E-state index contributed by atoms with van der Waals surface area (Å²) in [5, 5.41) is 22.4. The first-order chi connectivity index (χ1) is 16.2. The number of nitro benzene ring substituents is 1. The van der Waals surface area contributed by atoms with E-state index in [0.717, 1.165) is 0 Å². The minimum Gasteiger partial charge on any atom is -0.508 e. The first-order valence-electron chi connectivity index (χ1n) is 10.4. The van der Waals surface area contributed by atoms with Crippen LogP contribution in [0.25, 0.3) is 0 Å². The average molecular weight is 484 g/mol. The second-order valence-corrected chi connectivity index (χ2v) is 9.03. The third-order valence-electron chi connectivity index (χ3n) is 5.49. The Morgan fingerprint density at radius 2 is 1.82 bits per heavy atom. The summed E-state index contributed by atoms with van der Waals surface area (Å²) in [6.07, 6.45) is 0.0560. The van der Waals surface area contributed by atoms with Crippen molar-refractivity contribution in [3.63, 3.8) is 0 Å². The van der Waals surface area contributed by atoms with Gasteiger partial charge in [-0.1, -0.05) is 12.1 Å². The smallest absolute Gasteiger partial charge is 0.355 e. The number of carbonyl (C=O) groups is 3. The molecule has 2 heterocycles. The number of non-ortho nitro benzene ring substituents is 1. The van der Waals surface area contributed by atoms with Crippen LogP contribution in [0.2, 0.25) is 0 Å². The molecule has 176 valence electrons. The summed E-state index contributed by atoms with van der Waals surface area (Å²) in [5.41, 5.74) is 2.07. The maximum absolute atomic E-state index is 12.8. The number of rotatable bonds is 7. The Hall–Kier alpha value is -3.86. The van der Waals surface area contributed by atoms with Gasteiger partial charge in [-0.25, -0.2) is 4.79 Å². The number of benzene rings is 2. The molecule has 2 aromatic carbocycles. The van der Waals surface area contributed by atoms with Crippen molar-refractivity contribution in [2.75, 3.05) is 5.75 Å². The fourth-order valence-electron chi connectivity index (χ4n) is 3.72. The molecule has 4 rings (SSSR count). The average Bonchev–Trinajstić information content (AvgIpc) is 2.82. The Labute approximate surface area is 198 Å². The van der Waals surface area contributed by atoms with Crippen LogP contribution in [0, 0.1) is 10.1 Å². The molecule has 1 fully saturated rings. The van der Waals surface area contributed by atoms with Gasteiger partial charge in [0.15, 0.2) is 0 Å². The number of ether oxygens (including phenoxy) is 1. The van der Waals surface area contributed by atoms with Crippen molar-refractivity contribution in [1.29, 1.82) is 0 Å². The van der Waals surface area contributed by atoms with Gasteiger partial charge in [0.2, 0.25) is 5.91 Å². The largest absolute Gasteiger partial charge is 0.508 e. The molecule has 34 heavy (non-hydrogen) atoms. The van der Waals surface area contributed by atoms with Gasteiger partial charge in [-0.05, 0) is 47.9 Å². The Kier molecular flexibility index (Phi) is 6.55. The third kappa shape index (κ3) is 4.74. The number of aromatic hydroxyl groups is 1. The van der Waals surface area contributed by atoms with Crippen LogP contribution < -0.4 is 5.32 Å². The van der Waals surface area contributed by atoms with Crippen LogP contribution >= 0.6 is 11.8 Å². The van der Waals surface area contributed by atoms with Gasteiger partial charge in [0, 0.05) is 17.9 Å². The number of amides is 2. The lowest BCUT2D eigenvalue weighted by Gasteiger charge is -2.49. The SMILES string of the molecule is CC1=C(C(=O)OCc2ccc([N+](=O)[O-])cc2)N2C(=O)C(NC(=O)Cc3ccc(O)cc3)[C@@H]2SC1. The van der Waals surface area contributed by atoms with E-state index in [1.54, 1.807) is 19.1 Å². The normalized spacial score (nSPS) is 19.2. The van der Waals surface area contributed by atoms with Crippen molar-refractivity contribution in [2.45, 2.75) is 31.4 Å². The monoisotopic (exact) mass is 483 g/mol. The summed E-state index contributed by atoms with van der Waals surface area (Å²) in [4.78, 5) is 49.6. The lowest BCUT2D eigenvalue weighted by molar-refractivity contribution is -0.384. The highest BCUT2D eigenvalue weighted by Gasteiger charge is 2.53. The predicted molar refractivity (Wildman–Crippen MR) is 122 cm³/mol. The molecule has 2 aliphatic rings. The topological polar surface area (TPSA) is 139 Å². The molecule has 2 aliphatic heterocycles. The minimum absolute atomic E-state index is 0.0560. The van der Waals surface area contributed by atoms with Crippen molar-refractivity contribution in [1.82, 2.24) is 10.2 Å². The Bertz CT molecular complexity index is 1180. The van der Waals surface area contributed by atoms with E-state index >= 15 is 0 Å². The molecule has 11 heteroatoms. The number of esters is 1. The number of hydrogen-bond acceptors (Lipinski definition) is 8. The van der Waals surface area contributed by atoms with Gasteiger partial charge in [0.1, 0.15) is 29.5 Å². The summed E-state index contributed by atoms with van der Waals surface area (Å²) in [7, 11) is 0. The highest BCUT2D eigenvalue weighted by molar-refractivity contribution is 8.00. The van der Waals surface area contributed by atoms with Crippen molar-refractivity contribution >= 4 is 35.2 Å². The van der Waals surface area contributed by atoms with Crippen LogP contribution in [0.5, 0.6) is 5.75 Å². The van der Waals surface area contributed by atoms with Crippen molar-refractivity contribution in [2.24, 2.45) is 0 Å². The molecule has 0 radical (unpaired) electrons. The van der Waals surface area contributed by atoms with Gasteiger partial charge in [-0.15, -0.1) is 11.8 Å². The van der Waals surface area contributed by atoms with E-state index in [2.05, 4.69) is 5.32 Å². The maximum atomic E-state index is 12.8. The van der Waals surface area contributed by atoms with E-state index in [0.29, 0.717) is 22.5 Å². The van der Waals surface area contributed by atoms with Crippen LogP contribution in [0.1, 0.15) is 18.1 Å². The number of carbonyl (C=O) groups excluding carboxylic acids is 3. The fourth-order valence-corrected chi connectivity index (χ4v) is 5.01. The zero-order valence-corrected chi connectivity index (χ0v) is 18.9. The molecule has 2 N–H and O–H groups in total. The highest BCUT2D eigenvalue weighted by atomic mass is 32.2. The van der Waals surface area contributed by atoms with Crippen LogP contribution in [0.3, 0.4) is 0 Å². The van der Waals surface area contributed by atoms with Crippen molar-refractivity contribution < 1.29 is 29.2 Å². The summed E-state index contributed by atoms with van der Waals surface area (Å²) in [6.45, 7) is 1.65. The zero-order chi connectivity index (χ0) is 24.4. The van der Waals surface area contributed by atoms with Gasteiger partial charge >= 0.3 is 5.97 Å². The third-order valence-corrected chi connectivity index (χ3v) is 6.91. The number of hydrogen-bond donors (Lipinski definition) is 2. The number of nitro groups is 1. The molecule has 2 amide bonds. The number of phenolic OH excluding ortho intramolecular Hbond substituents is 1. The van der Waals surface area contributed by atoms with Gasteiger partial charge in [-0.3, -0.25) is 24.6 Å². The van der Waals surface area contributed by atoms with E-state index < -0.39 is 28.2 Å². The van der Waals surface area contributed by atoms with E-state index in [1.807, 2.05) is 0 Å². The van der Waals surface area contributed by atoms with Gasteiger partial charge < -0.3 is 15.2 Å². The van der Waals surface area contributed by atoms with Crippen LogP contribution in [0.15, 0.2) is 59.8 Å². The second kappa shape index (κ2) is 9.56. The molecular formula is C23H21N3O7S. The zero-order valence-electron chi connectivity index (χ0n) is 18.1. The summed E-state index contributed by atoms with van der Waals surface area (Å²) in [5.74, 6) is -0.789. The number of phenols is 1. The Balaban J connectivity index is 1.37. The van der Waals surface area contributed by atoms with Gasteiger partial charge in [0.25, 0.3) is 11.6 Å². The van der Waals surface area contributed by atoms with E-state index in [4.69, 9.17) is 4.74 Å². The number of nitrogens with one attached hydrogen (secondary N) is 1. The lowest BCUT2D eigenvalue weighted by Crippen LogP contribution is -2.70. The second-order valence-electron chi connectivity index (χ2n) is 7.93.